The number of ketones is 1. The highest BCUT2D eigenvalue weighted by Crippen LogP contribution is 2.39. The van der Waals surface area contributed by atoms with Crippen molar-refractivity contribution >= 4 is 12.1 Å². The Bertz CT molecular complexity index is 468. The molecular formula is C17H22O3. The second kappa shape index (κ2) is 6.31. The van der Waals surface area contributed by atoms with Crippen LogP contribution < -0.4 is 0 Å². The number of carbonyl (C=O) groups is 2. The van der Waals surface area contributed by atoms with Crippen LogP contribution in [0.15, 0.2) is 30.3 Å². The van der Waals surface area contributed by atoms with Gasteiger partial charge in [-0.15, -0.1) is 0 Å². The highest BCUT2D eigenvalue weighted by Gasteiger charge is 2.40. The van der Waals surface area contributed by atoms with E-state index in [1.165, 1.54) is 0 Å². The van der Waals surface area contributed by atoms with Gasteiger partial charge in [-0.25, -0.2) is 0 Å². The van der Waals surface area contributed by atoms with E-state index in [4.69, 9.17) is 0 Å². The average Bonchev–Trinajstić information content (AvgIpc) is 2.47. The van der Waals surface area contributed by atoms with Gasteiger partial charge in [0.15, 0.2) is 6.29 Å². The minimum Gasteiger partial charge on any atom is -0.382 e. The van der Waals surface area contributed by atoms with Crippen molar-refractivity contribution in [3.8, 4) is 0 Å². The molecule has 1 aromatic carbocycles. The van der Waals surface area contributed by atoms with Gasteiger partial charge >= 0.3 is 0 Å². The summed E-state index contributed by atoms with van der Waals surface area (Å²) >= 11 is 0. The molecule has 0 saturated heterocycles. The lowest BCUT2D eigenvalue weighted by Gasteiger charge is -2.37. The van der Waals surface area contributed by atoms with Gasteiger partial charge in [-0.1, -0.05) is 43.2 Å². The highest BCUT2D eigenvalue weighted by atomic mass is 16.3. The molecule has 20 heavy (non-hydrogen) atoms. The summed E-state index contributed by atoms with van der Waals surface area (Å²) in [5.74, 6) is -0.261. The molecule has 0 amide bonds. The van der Waals surface area contributed by atoms with E-state index in [0.717, 1.165) is 24.8 Å². The molecule has 0 heterocycles. The molecule has 0 bridgehead atoms. The second-order valence-electron chi connectivity index (χ2n) is 5.86. The van der Waals surface area contributed by atoms with Gasteiger partial charge in [0.05, 0.1) is 0 Å². The molecule has 3 atom stereocenters. The summed E-state index contributed by atoms with van der Waals surface area (Å²) in [7, 11) is 0. The van der Waals surface area contributed by atoms with E-state index in [1.807, 2.05) is 30.3 Å². The summed E-state index contributed by atoms with van der Waals surface area (Å²) in [5.41, 5.74) is -0.278. The van der Waals surface area contributed by atoms with Gasteiger partial charge in [-0.3, -0.25) is 4.79 Å². The van der Waals surface area contributed by atoms with Gasteiger partial charge < -0.3 is 9.90 Å². The SMILES string of the molecule is CC(=O)C(CC1CCCCC1(O)C=O)c1ccccc1. The molecule has 1 fully saturated rings. The normalized spacial score (nSPS) is 27.8. The molecule has 1 aromatic rings. The molecule has 108 valence electrons. The maximum Gasteiger partial charge on any atom is 0.151 e. The van der Waals surface area contributed by atoms with Crippen molar-refractivity contribution in [3.63, 3.8) is 0 Å². The number of hydrogen-bond donors (Lipinski definition) is 1. The molecule has 3 heteroatoms. The van der Waals surface area contributed by atoms with Gasteiger partial charge in [-0.2, -0.15) is 0 Å². The summed E-state index contributed by atoms with van der Waals surface area (Å²) in [6.45, 7) is 1.58. The first-order chi connectivity index (χ1) is 9.57. The lowest BCUT2D eigenvalue weighted by molar-refractivity contribution is -0.135. The lowest BCUT2D eigenvalue weighted by atomic mass is 9.71. The van der Waals surface area contributed by atoms with E-state index in [2.05, 4.69) is 0 Å². The maximum atomic E-state index is 11.9. The van der Waals surface area contributed by atoms with Crippen LogP contribution in [0.3, 0.4) is 0 Å². The molecule has 3 unspecified atom stereocenters. The molecule has 1 aliphatic rings. The monoisotopic (exact) mass is 274 g/mol. The van der Waals surface area contributed by atoms with Crippen molar-refractivity contribution in [2.45, 2.75) is 50.5 Å². The first kappa shape index (κ1) is 14.9. The first-order valence-corrected chi connectivity index (χ1v) is 7.31. The van der Waals surface area contributed by atoms with Crippen LogP contribution in [0.4, 0.5) is 0 Å². The van der Waals surface area contributed by atoms with Crippen molar-refractivity contribution in [1.29, 1.82) is 0 Å². The summed E-state index contributed by atoms with van der Waals surface area (Å²) < 4.78 is 0. The third-order valence-corrected chi connectivity index (χ3v) is 4.50. The molecule has 1 aliphatic carbocycles. The third kappa shape index (κ3) is 3.15. The number of benzene rings is 1. The Hall–Kier alpha value is -1.48. The Morgan fingerprint density at radius 1 is 1.40 bits per heavy atom. The highest BCUT2D eigenvalue weighted by molar-refractivity contribution is 5.83. The molecule has 0 spiro atoms. The number of Topliss-reactive ketones (excluding diaryl/α,β-unsaturated/α-hetero) is 1. The van der Waals surface area contributed by atoms with Crippen molar-refractivity contribution in [2.24, 2.45) is 5.92 Å². The number of carbonyl (C=O) groups excluding carboxylic acids is 2. The minimum absolute atomic E-state index is 0.0926. The minimum atomic E-state index is -1.25. The zero-order valence-corrected chi connectivity index (χ0v) is 11.9. The van der Waals surface area contributed by atoms with E-state index in [0.29, 0.717) is 19.1 Å². The molecule has 0 aromatic heterocycles. The van der Waals surface area contributed by atoms with Crippen molar-refractivity contribution in [3.05, 3.63) is 35.9 Å². The van der Waals surface area contributed by atoms with E-state index in [1.54, 1.807) is 6.92 Å². The topological polar surface area (TPSA) is 54.4 Å². The standard InChI is InChI=1S/C17H22O3/c1-13(19)16(14-7-3-2-4-8-14)11-15-9-5-6-10-17(15,20)12-18/h2-4,7-8,12,15-16,20H,5-6,9-11H2,1H3. The van der Waals surface area contributed by atoms with Crippen LogP contribution in [0.5, 0.6) is 0 Å². The van der Waals surface area contributed by atoms with E-state index in [9.17, 15) is 14.7 Å². The van der Waals surface area contributed by atoms with Crippen LogP contribution in [0.1, 0.15) is 50.5 Å². The summed E-state index contributed by atoms with van der Waals surface area (Å²) in [6.07, 6.45) is 4.45. The Kier molecular flexibility index (Phi) is 4.71. The smallest absolute Gasteiger partial charge is 0.151 e. The van der Waals surface area contributed by atoms with Crippen molar-refractivity contribution in [2.75, 3.05) is 0 Å². The molecular weight excluding hydrogens is 252 g/mol. The lowest BCUT2D eigenvalue weighted by Crippen LogP contribution is -2.43. The van der Waals surface area contributed by atoms with Crippen LogP contribution in [0.25, 0.3) is 0 Å². The van der Waals surface area contributed by atoms with Crippen LogP contribution >= 0.6 is 0 Å². The van der Waals surface area contributed by atoms with Crippen molar-refractivity contribution < 1.29 is 14.7 Å². The van der Waals surface area contributed by atoms with E-state index in [-0.39, 0.29) is 17.6 Å². The fourth-order valence-electron chi connectivity index (χ4n) is 3.24. The quantitative estimate of drug-likeness (QED) is 0.840. The molecule has 1 N–H and O–H groups in total. The number of rotatable bonds is 5. The fourth-order valence-corrected chi connectivity index (χ4v) is 3.24. The van der Waals surface area contributed by atoms with E-state index < -0.39 is 5.60 Å². The van der Waals surface area contributed by atoms with Gasteiger partial charge in [-0.05, 0) is 37.7 Å². The van der Waals surface area contributed by atoms with Gasteiger partial charge in [0, 0.05) is 5.92 Å². The maximum absolute atomic E-state index is 11.9. The average molecular weight is 274 g/mol. The van der Waals surface area contributed by atoms with E-state index >= 15 is 0 Å². The van der Waals surface area contributed by atoms with Crippen molar-refractivity contribution in [1.82, 2.24) is 0 Å². The first-order valence-electron chi connectivity index (χ1n) is 7.31. The predicted octanol–water partition coefficient (Wildman–Crippen LogP) is 2.87. The molecule has 0 radical (unpaired) electrons. The van der Waals surface area contributed by atoms with Crippen LogP contribution in [-0.4, -0.2) is 22.8 Å². The summed E-state index contributed by atoms with van der Waals surface area (Å²) in [6, 6.07) is 9.63. The summed E-state index contributed by atoms with van der Waals surface area (Å²) in [5, 5.41) is 10.4. The Morgan fingerprint density at radius 3 is 2.70 bits per heavy atom. The predicted molar refractivity (Wildman–Crippen MR) is 77.5 cm³/mol. The van der Waals surface area contributed by atoms with Crippen LogP contribution in [0.2, 0.25) is 0 Å². The number of aliphatic hydroxyl groups is 1. The Morgan fingerprint density at radius 2 is 2.10 bits per heavy atom. The molecule has 1 saturated carbocycles. The zero-order chi connectivity index (χ0) is 14.6. The zero-order valence-electron chi connectivity index (χ0n) is 11.9. The second-order valence-corrected chi connectivity index (χ2v) is 5.86. The number of aldehydes is 1. The fraction of sp³-hybridized carbons (Fsp3) is 0.529. The van der Waals surface area contributed by atoms with Crippen LogP contribution in [0, 0.1) is 5.92 Å². The van der Waals surface area contributed by atoms with Gasteiger partial charge in [0.25, 0.3) is 0 Å². The van der Waals surface area contributed by atoms with Gasteiger partial charge in [0.1, 0.15) is 11.4 Å². The largest absolute Gasteiger partial charge is 0.382 e. The third-order valence-electron chi connectivity index (χ3n) is 4.50. The molecule has 0 aliphatic heterocycles. The Balaban J connectivity index is 2.20. The van der Waals surface area contributed by atoms with Crippen LogP contribution in [-0.2, 0) is 9.59 Å². The number of hydrogen-bond acceptors (Lipinski definition) is 3. The summed E-state index contributed by atoms with van der Waals surface area (Å²) in [4.78, 5) is 23.2. The molecule has 3 nitrogen and oxygen atoms in total. The molecule has 2 rings (SSSR count). The van der Waals surface area contributed by atoms with Gasteiger partial charge in [0.2, 0.25) is 0 Å². The Labute approximate surface area is 120 Å².